The average molecular weight is 565 g/mol. The first-order chi connectivity index (χ1) is 16.5. The molecule has 0 saturated heterocycles. The number of methoxy groups -OCH3 is 1. The Kier molecular flexibility index (Phi) is 9.69. The summed E-state index contributed by atoms with van der Waals surface area (Å²) < 4.78 is 57.4. The molecule has 1 heterocycles. The van der Waals surface area contributed by atoms with E-state index in [4.69, 9.17) is 9.47 Å². The maximum Gasteiger partial charge on any atom is 0.431 e. The van der Waals surface area contributed by atoms with E-state index >= 15 is 0 Å². The van der Waals surface area contributed by atoms with Crippen molar-refractivity contribution in [1.29, 1.82) is 0 Å². The van der Waals surface area contributed by atoms with E-state index in [1.807, 2.05) is 0 Å². The molecule has 1 unspecified atom stereocenters. The fourth-order valence-electron chi connectivity index (χ4n) is 3.56. The van der Waals surface area contributed by atoms with Crippen molar-refractivity contribution in [3.8, 4) is 5.75 Å². The van der Waals surface area contributed by atoms with Crippen molar-refractivity contribution in [2.45, 2.75) is 38.8 Å². The van der Waals surface area contributed by atoms with Crippen LogP contribution in [0.1, 0.15) is 38.2 Å². The Morgan fingerprint density at radius 3 is 2.43 bits per heavy atom. The summed E-state index contributed by atoms with van der Waals surface area (Å²) in [6.45, 7) is 2.76. The minimum Gasteiger partial charge on any atom is -0.493 e. The standard InChI is InChI=1S/C22H24BrF3N2O7/c1-4-34-21(30)16-12(2)27-19(22(24,25)26)18(20(29)33-3)17(16)14-11-13(28(31)32)7-8-15(14)35-10-6-5-9-23/h7-8,11,17,27H,4-6,9-10H2,1-3H3. The van der Waals surface area contributed by atoms with E-state index in [1.54, 1.807) is 0 Å². The zero-order valence-corrected chi connectivity index (χ0v) is 20.7. The van der Waals surface area contributed by atoms with Gasteiger partial charge in [0.15, 0.2) is 0 Å². The van der Waals surface area contributed by atoms with Crippen molar-refractivity contribution >= 4 is 33.6 Å². The molecule has 1 N–H and O–H groups in total. The second-order valence-electron chi connectivity index (χ2n) is 7.32. The summed E-state index contributed by atoms with van der Waals surface area (Å²) >= 11 is 3.28. The van der Waals surface area contributed by atoms with Crippen LogP contribution in [-0.2, 0) is 19.1 Å². The van der Waals surface area contributed by atoms with Gasteiger partial charge in [0.1, 0.15) is 11.4 Å². The molecule has 1 aromatic carbocycles. The number of carbonyl (C=O) groups excluding carboxylic acids is 2. The molecule has 0 saturated carbocycles. The molecule has 1 atom stereocenters. The molecule has 1 aliphatic heterocycles. The Balaban J connectivity index is 2.88. The Hall–Kier alpha value is -3.09. The molecule has 0 radical (unpaired) electrons. The van der Waals surface area contributed by atoms with Crippen LogP contribution in [0.2, 0.25) is 0 Å². The third-order valence-electron chi connectivity index (χ3n) is 5.05. The van der Waals surface area contributed by atoms with Gasteiger partial charge < -0.3 is 19.5 Å². The topological polar surface area (TPSA) is 117 Å². The fourth-order valence-corrected chi connectivity index (χ4v) is 3.95. The summed E-state index contributed by atoms with van der Waals surface area (Å²) in [4.78, 5) is 36.3. The van der Waals surface area contributed by atoms with Gasteiger partial charge in [-0.3, -0.25) is 10.1 Å². The SMILES string of the molecule is CCOC(=O)C1=C(C)NC(C(F)(F)F)=C(C(=O)OC)C1c1cc([N+](=O)[O-])ccc1OCCCCBr. The van der Waals surface area contributed by atoms with Gasteiger partial charge >= 0.3 is 18.1 Å². The van der Waals surface area contributed by atoms with Crippen molar-refractivity contribution in [1.82, 2.24) is 5.32 Å². The van der Waals surface area contributed by atoms with Gasteiger partial charge in [-0.25, -0.2) is 9.59 Å². The summed E-state index contributed by atoms with van der Waals surface area (Å²) in [7, 11) is 0.890. The van der Waals surface area contributed by atoms with E-state index in [2.05, 4.69) is 26.0 Å². The number of nitrogens with one attached hydrogen (secondary N) is 1. The third kappa shape index (κ3) is 6.53. The normalized spacial score (nSPS) is 16.0. The van der Waals surface area contributed by atoms with Crippen molar-refractivity contribution in [2.75, 3.05) is 25.7 Å². The van der Waals surface area contributed by atoms with Gasteiger partial charge in [-0.1, -0.05) is 15.9 Å². The number of rotatable bonds is 10. The van der Waals surface area contributed by atoms with Crippen molar-refractivity contribution in [3.05, 3.63) is 56.4 Å². The van der Waals surface area contributed by atoms with Gasteiger partial charge in [0.05, 0.1) is 42.3 Å². The third-order valence-corrected chi connectivity index (χ3v) is 5.61. The molecule has 1 aromatic rings. The molecule has 9 nitrogen and oxygen atoms in total. The van der Waals surface area contributed by atoms with Crippen LogP contribution in [-0.4, -0.2) is 48.7 Å². The lowest BCUT2D eigenvalue weighted by Gasteiger charge is -2.32. The number of halogens is 4. The minimum absolute atomic E-state index is 0.0189. The Bertz CT molecular complexity index is 1050. The largest absolute Gasteiger partial charge is 0.493 e. The average Bonchev–Trinajstić information content (AvgIpc) is 2.80. The zero-order valence-electron chi connectivity index (χ0n) is 19.2. The van der Waals surface area contributed by atoms with Crippen LogP contribution in [0.5, 0.6) is 5.75 Å². The number of nitro groups is 1. The Labute approximate surface area is 207 Å². The maximum absolute atomic E-state index is 14.0. The molecule has 35 heavy (non-hydrogen) atoms. The predicted molar refractivity (Wildman–Crippen MR) is 122 cm³/mol. The highest BCUT2D eigenvalue weighted by molar-refractivity contribution is 9.09. The lowest BCUT2D eigenvalue weighted by molar-refractivity contribution is -0.384. The van der Waals surface area contributed by atoms with Crippen LogP contribution in [0.25, 0.3) is 0 Å². The number of carbonyl (C=O) groups is 2. The predicted octanol–water partition coefficient (Wildman–Crippen LogP) is 4.66. The molecular formula is C22H24BrF3N2O7. The monoisotopic (exact) mass is 564 g/mol. The van der Waals surface area contributed by atoms with Crippen molar-refractivity contribution in [3.63, 3.8) is 0 Å². The fraction of sp³-hybridized carbons (Fsp3) is 0.455. The zero-order chi connectivity index (χ0) is 26.3. The molecular weight excluding hydrogens is 541 g/mol. The first kappa shape index (κ1) is 28.1. The summed E-state index contributed by atoms with van der Waals surface area (Å²) in [5, 5.41) is 14.3. The number of hydrogen-bond acceptors (Lipinski definition) is 8. The van der Waals surface area contributed by atoms with Gasteiger partial charge in [-0.2, -0.15) is 13.2 Å². The van der Waals surface area contributed by atoms with E-state index in [9.17, 15) is 32.9 Å². The second-order valence-corrected chi connectivity index (χ2v) is 8.11. The van der Waals surface area contributed by atoms with E-state index < -0.39 is 45.9 Å². The molecule has 192 valence electrons. The highest BCUT2D eigenvalue weighted by atomic mass is 79.9. The Morgan fingerprint density at radius 2 is 1.89 bits per heavy atom. The maximum atomic E-state index is 14.0. The van der Waals surface area contributed by atoms with Crippen LogP contribution in [0, 0.1) is 10.1 Å². The van der Waals surface area contributed by atoms with E-state index in [1.165, 1.54) is 19.9 Å². The van der Waals surface area contributed by atoms with Gasteiger partial charge in [0.2, 0.25) is 0 Å². The number of ether oxygens (including phenoxy) is 3. The van der Waals surface area contributed by atoms with Gasteiger partial charge in [0.25, 0.3) is 5.69 Å². The number of non-ortho nitro benzene ring substituents is 1. The van der Waals surface area contributed by atoms with Crippen molar-refractivity contribution < 1.29 is 41.9 Å². The number of dihydropyridines is 1. The molecule has 0 bridgehead atoms. The number of nitrogens with zero attached hydrogens (tertiary/aromatic N) is 1. The lowest BCUT2D eigenvalue weighted by atomic mass is 9.79. The molecule has 1 aliphatic rings. The smallest absolute Gasteiger partial charge is 0.431 e. The summed E-state index contributed by atoms with van der Waals surface area (Å²) in [6.07, 6.45) is -3.74. The van der Waals surface area contributed by atoms with Gasteiger partial charge in [-0.05, 0) is 32.8 Å². The number of allylic oxidation sites excluding steroid dienone is 2. The minimum atomic E-state index is -5.04. The highest BCUT2D eigenvalue weighted by Crippen LogP contribution is 2.46. The first-order valence-corrected chi connectivity index (χ1v) is 11.6. The quantitative estimate of drug-likeness (QED) is 0.143. The summed E-state index contributed by atoms with van der Waals surface area (Å²) in [5.74, 6) is -4.11. The van der Waals surface area contributed by atoms with Crippen LogP contribution in [0.4, 0.5) is 18.9 Å². The number of unbranched alkanes of at least 4 members (excludes halogenated alkanes) is 1. The molecule has 2 rings (SSSR count). The first-order valence-electron chi connectivity index (χ1n) is 10.5. The lowest BCUT2D eigenvalue weighted by Crippen LogP contribution is -2.38. The number of benzene rings is 1. The summed E-state index contributed by atoms with van der Waals surface area (Å²) in [6, 6.07) is 3.33. The Morgan fingerprint density at radius 1 is 1.20 bits per heavy atom. The molecule has 0 aromatic heterocycles. The van der Waals surface area contributed by atoms with Crippen LogP contribution < -0.4 is 10.1 Å². The number of hydrogen-bond donors (Lipinski definition) is 1. The number of nitro benzene ring substituents is 1. The number of esters is 2. The molecule has 0 fully saturated rings. The molecule has 13 heteroatoms. The van der Waals surface area contributed by atoms with Gasteiger partial charge in [0, 0.05) is 28.7 Å². The number of alkyl halides is 4. The molecule has 0 amide bonds. The van der Waals surface area contributed by atoms with E-state index in [0.29, 0.717) is 11.8 Å². The van der Waals surface area contributed by atoms with Crippen molar-refractivity contribution in [2.24, 2.45) is 0 Å². The van der Waals surface area contributed by atoms with E-state index in [-0.39, 0.29) is 35.8 Å². The highest BCUT2D eigenvalue weighted by Gasteiger charge is 2.48. The van der Waals surface area contributed by atoms with Crippen LogP contribution in [0.3, 0.4) is 0 Å². The van der Waals surface area contributed by atoms with Crippen LogP contribution >= 0.6 is 15.9 Å². The second kappa shape index (κ2) is 12.0. The molecule has 0 aliphatic carbocycles. The van der Waals surface area contributed by atoms with Crippen LogP contribution in [0.15, 0.2) is 40.7 Å². The molecule has 0 spiro atoms. The summed E-state index contributed by atoms with van der Waals surface area (Å²) in [5.41, 5.74) is -3.60. The van der Waals surface area contributed by atoms with E-state index in [0.717, 1.165) is 25.7 Å². The van der Waals surface area contributed by atoms with Gasteiger partial charge in [-0.15, -0.1) is 0 Å².